The van der Waals surface area contributed by atoms with Crippen LogP contribution in [0.15, 0.2) is 204 Å². The number of hydrogen-bond donors (Lipinski definition) is 0. The highest BCUT2D eigenvalue weighted by molar-refractivity contribution is 7.14. The van der Waals surface area contributed by atoms with Crippen LogP contribution in [-0.2, 0) is 0 Å². The molecule has 0 atom stereocenters. The van der Waals surface area contributed by atoms with Gasteiger partial charge in [0.2, 0.25) is 0 Å². The molecular formula is C53H34OS4. The predicted octanol–water partition coefficient (Wildman–Crippen LogP) is 16.5. The van der Waals surface area contributed by atoms with Gasteiger partial charge in [0.15, 0.2) is 5.78 Å². The standard InChI is InChI=1S/C53H34OS4/c54-53(47-31-43(35-9-1-13-39(25-35)49-17-5-21-55-49)29-44(32-47)36-10-2-14-40(26-36)50-18-6-22-56-50)48-33-45(37-11-3-15-41(27-37)51-19-7-23-57-51)30-46(34-48)38-12-4-16-42(28-38)52-20-8-24-58-52/h1-34H. The Labute approximate surface area is 354 Å². The summed E-state index contributed by atoms with van der Waals surface area (Å²) < 4.78 is 0. The van der Waals surface area contributed by atoms with Gasteiger partial charge >= 0.3 is 0 Å². The second kappa shape index (κ2) is 16.0. The van der Waals surface area contributed by atoms with Crippen molar-refractivity contribution in [2.24, 2.45) is 0 Å². The minimum absolute atomic E-state index is 0.0150. The maximum atomic E-state index is 15.2. The van der Waals surface area contributed by atoms with Gasteiger partial charge < -0.3 is 0 Å². The minimum Gasteiger partial charge on any atom is -0.289 e. The zero-order valence-electron chi connectivity index (χ0n) is 31.2. The van der Waals surface area contributed by atoms with Gasteiger partial charge in [0.05, 0.1) is 0 Å². The van der Waals surface area contributed by atoms with E-state index in [0.29, 0.717) is 11.1 Å². The summed E-state index contributed by atoms with van der Waals surface area (Å²) in [5.41, 5.74) is 14.3. The van der Waals surface area contributed by atoms with E-state index in [1.165, 1.54) is 19.5 Å². The van der Waals surface area contributed by atoms with Crippen LogP contribution in [0.4, 0.5) is 0 Å². The lowest BCUT2D eigenvalue weighted by atomic mass is 9.89. The molecule has 0 unspecified atom stereocenters. The van der Waals surface area contributed by atoms with Crippen LogP contribution >= 0.6 is 45.3 Å². The van der Waals surface area contributed by atoms with Crippen molar-refractivity contribution in [2.45, 2.75) is 0 Å². The van der Waals surface area contributed by atoms with Crippen LogP contribution < -0.4 is 0 Å². The molecular weight excluding hydrogens is 781 g/mol. The van der Waals surface area contributed by atoms with Crippen molar-refractivity contribution in [3.05, 3.63) is 215 Å². The van der Waals surface area contributed by atoms with Gasteiger partial charge in [-0.3, -0.25) is 4.79 Å². The van der Waals surface area contributed by atoms with E-state index >= 15 is 4.79 Å². The molecule has 4 aromatic heterocycles. The fourth-order valence-corrected chi connectivity index (χ4v) is 10.4. The lowest BCUT2D eigenvalue weighted by Crippen LogP contribution is -2.03. The molecule has 0 radical (unpaired) electrons. The van der Waals surface area contributed by atoms with E-state index in [0.717, 1.165) is 66.8 Å². The topological polar surface area (TPSA) is 17.1 Å². The van der Waals surface area contributed by atoms with E-state index < -0.39 is 0 Å². The van der Waals surface area contributed by atoms with Gasteiger partial charge in [-0.1, -0.05) is 97.1 Å². The van der Waals surface area contributed by atoms with Crippen molar-refractivity contribution in [3.63, 3.8) is 0 Å². The molecule has 0 aliphatic carbocycles. The lowest BCUT2D eigenvalue weighted by molar-refractivity contribution is 0.103. The van der Waals surface area contributed by atoms with Gasteiger partial charge in [0.25, 0.3) is 0 Å². The molecule has 276 valence electrons. The molecule has 1 nitrogen and oxygen atoms in total. The Balaban J connectivity index is 1.13. The number of carbonyl (C=O) groups excluding carboxylic acids is 1. The van der Waals surface area contributed by atoms with E-state index in [4.69, 9.17) is 0 Å². The largest absolute Gasteiger partial charge is 0.289 e. The average molecular weight is 815 g/mol. The quantitative estimate of drug-likeness (QED) is 0.126. The minimum atomic E-state index is -0.0150. The molecule has 0 bridgehead atoms. The molecule has 0 saturated heterocycles. The Kier molecular flexibility index (Phi) is 9.96. The predicted molar refractivity (Wildman–Crippen MR) is 251 cm³/mol. The molecule has 4 heterocycles. The Morgan fingerprint density at radius 1 is 0.259 bits per heavy atom. The molecule has 6 aromatic carbocycles. The van der Waals surface area contributed by atoms with Crippen LogP contribution in [0.25, 0.3) is 86.3 Å². The highest BCUT2D eigenvalue weighted by Crippen LogP contribution is 2.38. The number of benzene rings is 6. The van der Waals surface area contributed by atoms with Gasteiger partial charge in [0.1, 0.15) is 0 Å². The summed E-state index contributed by atoms with van der Waals surface area (Å²) >= 11 is 6.93. The van der Waals surface area contributed by atoms with Crippen LogP contribution in [0.2, 0.25) is 0 Å². The maximum Gasteiger partial charge on any atom is 0.193 e. The van der Waals surface area contributed by atoms with E-state index in [1.807, 2.05) is 0 Å². The van der Waals surface area contributed by atoms with Crippen LogP contribution in [0.5, 0.6) is 0 Å². The van der Waals surface area contributed by atoms with Crippen LogP contribution in [0, 0.1) is 0 Å². The number of rotatable bonds is 10. The summed E-state index contributed by atoms with van der Waals surface area (Å²) in [5.74, 6) is -0.0150. The van der Waals surface area contributed by atoms with Gasteiger partial charge in [-0.25, -0.2) is 0 Å². The molecule has 0 fully saturated rings. The Bertz CT molecular complexity index is 2610. The van der Waals surface area contributed by atoms with E-state index in [9.17, 15) is 0 Å². The summed E-state index contributed by atoms with van der Waals surface area (Å²) in [6.45, 7) is 0. The monoisotopic (exact) mass is 814 g/mol. The average Bonchev–Trinajstić information content (AvgIpc) is 4.15. The molecule has 0 N–H and O–H groups in total. The number of hydrogen-bond acceptors (Lipinski definition) is 5. The summed E-state index contributed by atoms with van der Waals surface area (Å²) in [4.78, 5) is 20.1. The molecule has 10 rings (SSSR count). The third kappa shape index (κ3) is 7.49. The second-order valence-electron chi connectivity index (χ2n) is 14.2. The van der Waals surface area contributed by atoms with Crippen molar-refractivity contribution in [1.29, 1.82) is 0 Å². The van der Waals surface area contributed by atoms with E-state index in [-0.39, 0.29) is 5.78 Å². The Morgan fingerprint density at radius 2 is 0.500 bits per heavy atom. The van der Waals surface area contributed by atoms with Crippen molar-refractivity contribution in [3.8, 4) is 86.3 Å². The maximum absolute atomic E-state index is 15.2. The highest BCUT2D eigenvalue weighted by atomic mass is 32.1. The zero-order chi connectivity index (χ0) is 38.8. The first-order chi connectivity index (χ1) is 28.6. The zero-order valence-corrected chi connectivity index (χ0v) is 34.4. The molecule has 10 aromatic rings. The molecule has 0 amide bonds. The summed E-state index contributed by atoms with van der Waals surface area (Å²) in [5, 5.41) is 8.44. The van der Waals surface area contributed by atoms with E-state index in [2.05, 4.69) is 204 Å². The normalized spacial score (nSPS) is 11.2. The fraction of sp³-hybridized carbons (Fsp3) is 0. The summed E-state index contributed by atoms with van der Waals surface area (Å²) in [7, 11) is 0. The highest BCUT2D eigenvalue weighted by Gasteiger charge is 2.18. The molecule has 0 aliphatic heterocycles. The number of carbonyl (C=O) groups is 1. The van der Waals surface area contributed by atoms with Crippen molar-refractivity contribution in [1.82, 2.24) is 0 Å². The van der Waals surface area contributed by atoms with Crippen molar-refractivity contribution >= 4 is 51.1 Å². The van der Waals surface area contributed by atoms with Crippen molar-refractivity contribution in [2.75, 3.05) is 0 Å². The number of ketones is 1. The molecule has 0 aliphatic rings. The first kappa shape index (κ1) is 36.2. The third-order valence-electron chi connectivity index (χ3n) is 10.4. The molecule has 58 heavy (non-hydrogen) atoms. The summed E-state index contributed by atoms with van der Waals surface area (Å²) in [6, 6.07) is 64.3. The first-order valence-electron chi connectivity index (χ1n) is 19.0. The number of thiophene rings is 4. The Morgan fingerprint density at radius 3 is 0.741 bits per heavy atom. The van der Waals surface area contributed by atoms with Gasteiger partial charge in [0, 0.05) is 30.6 Å². The fourth-order valence-electron chi connectivity index (χ4n) is 7.53. The van der Waals surface area contributed by atoms with Gasteiger partial charge in [-0.2, -0.15) is 0 Å². The van der Waals surface area contributed by atoms with Gasteiger partial charge in [-0.15, -0.1) is 45.3 Å². The van der Waals surface area contributed by atoms with Crippen molar-refractivity contribution < 1.29 is 4.79 Å². The van der Waals surface area contributed by atoms with Crippen LogP contribution in [0.3, 0.4) is 0 Å². The molecule has 0 saturated carbocycles. The Hall–Kier alpha value is -6.21. The van der Waals surface area contributed by atoms with Crippen LogP contribution in [0.1, 0.15) is 15.9 Å². The first-order valence-corrected chi connectivity index (χ1v) is 22.6. The lowest BCUT2D eigenvalue weighted by Gasteiger charge is -2.14. The van der Waals surface area contributed by atoms with Gasteiger partial charge in [-0.05, 0) is 173 Å². The smallest absolute Gasteiger partial charge is 0.193 e. The van der Waals surface area contributed by atoms with E-state index in [1.54, 1.807) is 45.3 Å². The third-order valence-corrected chi connectivity index (χ3v) is 14.1. The van der Waals surface area contributed by atoms with Crippen LogP contribution in [-0.4, -0.2) is 5.78 Å². The molecule has 5 heteroatoms. The SMILES string of the molecule is O=C(c1cc(-c2cccc(-c3cccs3)c2)cc(-c2cccc(-c3cccs3)c2)c1)c1cc(-c2cccc(-c3cccs3)c2)cc(-c2cccc(-c3cccs3)c2)c1. The molecule has 0 spiro atoms. The summed E-state index contributed by atoms with van der Waals surface area (Å²) in [6.07, 6.45) is 0. The second-order valence-corrected chi connectivity index (χ2v) is 18.0.